The van der Waals surface area contributed by atoms with Crippen molar-refractivity contribution >= 4 is 27.9 Å². The highest BCUT2D eigenvalue weighted by Gasteiger charge is 2.27. The Morgan fingerprint density at radius 2 is 1.59 bits per heavy atom. The van der Waals surface area contributed by atoms with Crippen molar-refractivity contribution in [3.8, 4) is 0 Å². The van der Waals surface area contributed by atoms with Gasteiger partial charge in [0.25, 0.3) is 0 Å². The van der Waals surface area contributed by atoms with Gasteiger partial charge < -0.3 is 15.3 Å². The van der Waals surface area contributed by atoms with E-state index in [0.29, 0.717) is 0 Å². The van der Waals surface area contributed by atoms with Crippen molar-refractivity contribution in [2.24, 2.45) is 0 Å². The van der Waals surface area contributed by atoms with Crippen LogP contribution in [-0.2, 0) is 16.1 Å². The van der Waals surface area contributed by atoms with Crippen LogP contribution in [0, 0.1) is 0 Å². The number of carbonyl (C=O) groups is 2. The first-order valence-corrected chi connectivity index (χ1v) is 10.7. The molecule has 2 saturated heterocycles. The Kier molecular flexibility index (Phi) is 10.0. The number of benzene rings is 1. The maximum atomic E-state index is 9.10. The first kappa shape index (κ1) is 23.8. The number of carboxylic acid groups (broad SMARTS) is 2. The summed E-state index contributed by atoms with van der Waals surface area (Å²) < 4.78 is 1.17. The molecule has 3 rings (SSSR count). The number of nitrogens with zero attached hydrogens (tertiary/aromatic N) is 3. The molecule has 0 aliphatic carbocycles. The number of hydrogen-bond acceptors (Lipinski definition) is 6. The maximum Gasteiger partial charge on any atom is 0.414 e. The molecule has 3 N–H and O–H groups in total. The molecule has 0 amide bonds. The third-order valence-corrected chi connectivity index (χ3v) is 5.87. The maximum absolute atomic E-state index is 9.10. The van der Waals surface area contributed by atoms with Crippen molar-refractivity contribution in [3.63, 3.8) is 0 Å². The zero-order chi connectivity index (χ0) is 21.2. The lowest BCUT2D eigenvalue weighted by atomic mass is 10.0. The van der Waals surface area contributed by atoms with Crippen molar-refractivity contribution in [1.82, 2.24) is 14.7 Å². The largest absolute Gasteiger partial charge is 0.473 e. The van der Waals surface area contributed by atoms with E-state index >= 15 is 0 Å². The molecule has 2 heterocycles. The molecular formula is C20H30BrN3O5. The van der Waals surface area contributed by atoms with E-state index in [9.17, 15) is 0 Å². The zero-order valence-electron chi connectivity index (χ0n) is 16.5. The van der Waals surface area contributed by atoms with Gasteiger partial charge in [-0.05, 0) is 43.6 Å². The van der Waals surface area contributed by atoms with Crippen molar-refractivity contribution in [2.75, 3.05) is 52.4 Å². The van der Waals surface area contributed by atoms with E-state index in [1.807, 2.05) is 0 Å². The average molecular weight is 472 g/mol. The molecule has 1 aromatic carbocycles. The molecular weight excluding hydrogens is 442 g/mol. The van der Waals surface area contributed by atoms with Crippen LogP contribution in [0.3, 0.4) is 0 Å². The average Bonchev–Trinajstić information content (AvgIpc) is 2.70. The topological polar surface area (TPSA) is 105 Å². The summed E-state index contributed by atoms with van der Waals surface area (Å²) in [6.45, 7) is 9.13. The normalized spacial score (nSPS) is 19.4. The number of hydrogen-bond donors (Lipinski definition) is 3. The quantitative estimate of drug-likeness (QED) is 0.549. The summed E-state index contributed by atoms with van der Waals surface area (Å²) in [7, 11) is 0. The number of likely N-dealkylation sites (tertiary alicyclic amines) is 1. The minimum Gasteiger partial charge on any atom is -0.473 e. The molecule has 0 spiro atoms. The lowest BCUT2D eigenvalue weighted by molar-refractivity contribution is -0.159. The van der Waals surface area contributed by atoms with Crippen LogP contribution < -0.4 is 0 Å². The number of piperidine rings is 1. The third kappa shape index (κ3) is 8.39. The van der Waals surface area contributed by atoms with Crippen LogP contribution in [0.15, 0.2) is 28.7 Å². The van der Waals surface area contributed by atoms with E-state index < -0.39 is 11.9 Å². The minimum atomic E-state index is -1.82. The van der Waals surface area contributed by atoms with Gasteiger partial charge in [0, 0.05) is 49.8 Å². The van der Waals surface area contributed by atoms with Crippen LogP contribution in [0.4, 0.5) is 0 Å². The first-order chi connectivity index (χ1) is 13.9. The second kappa shape index (κ2) is 12.2. The van der Waals surface area contributed by atoms with Gasteiger partial charge in [0.15, 0.2) is 0 Å². The standard InChI is InChI=1S/C18H28BrN3O.C2H2O4/c19-17-3-1-2-16(14-17)15-21-6-4-18(5-7-21)22-10-8-20(9-11-22)12-13-23;3-1(4)2(5)6/h1-3,14,18,23H,4-13,15H2;(H,3,4)(H,5,6). The fourth-order valence-corrected chi connectivity index (χ4v) is 4.28. The van der Waals surface area contributed by atoms with Crippen molar-refractivity contribution in [2.45, 2.75) is 25.4 Å². The Morgan fingerprint density at radius 1 is 0.966 bits per heavy atom. The number of halogens is 1. The summed E-state index contributed by atoms with van der Waals surface area (Å²) in [5.41, 5.74) is 1.40. The summed E-state index contributed by atoms with van der Waals surface area (Å²) in [5, 5.41) is 23.8. The van der Waals surface area contributed by atoms with Gasteiger partial charge in [-0.1, -0.05) is 28.1 Å². The van der Waals surface area contributed by atoms with Crippen LogP contribution in [0.5, 0.6) is 0 Å². The highest BCUT2D eigenvalue weighted by atomic mass is 79.9. The van der Waals surface area contributed by atoms with Crippen molar-refractivity contribution in [1.29, 1.82) is 0 Å². The molecule has 1 aromatic rings. The predicted octanol–water partition coefficient (Wildman–Crippen LogP) is 1.18. The van der Waals surface area contributed by atoms with Gasteiger partial charge in [0.1, 0.15) is 0 Å². The number of aliphatic hydroxyl groups excluding tert-OH is 1. The Morgan fingerprint density at radius 3 is 2.10 bits per heavy atom. The van der Waals surface area contributed by atoms with Crippen LogP contribution in [0.2, 0.25) is 0 Å². The van der Waals surface area contributed by atoms with E-state index in [1.165, 1.54) is 36.0 Å². The number of carboxylic acids is 2. The number of β-amino-alcohol motifs (C(OH)–C–C–N with tert-alkyl or cyclic N) is 1. The molecule has 0 saturated carbocycles. The Balaban J connectivity index is 0.000000438. The molecule has 8 nitrogen and oxygen atoms in total. The molecule has 2 fully saturated rings. The smallest absolute Gasteiger partial charge is 0.414 e. The molecule has 0 radical (unpaired) electrons. The van der Waals surface area contributed by atoms with Crippen molar-refractivity contribution in [3.05, 3.63) is 34.3 Å². The van der Waals surface area contributed by atoms with Crippen molar-refractivity contribution < 1.29 is 24.9 Å². The SMILES string of the molecule is O=C(O)C(=O)O.OCCN1CCN(C2CCN(Cc3cccc(Br)c3)CC2)CC1. The van der Waals surface area contributed by atoms with Crippen LogP contribution >= 0.6 is 15.9 Å². The summed E-state index contributed by atoms with van der Waals surface area (Å²) >= 11 is 3.56. The second-order valence-corrected chi connectivity index (χ2v) is 8.26. The summed E-state index contributed by atoms with van der Waals surface area (Å²) in [4.78, 5) is 25.8. The lowest BCUT2D eigenvalue weighted by Crippen LogP contribution is -2.53. The van der Waals surface area contributed by atoms with Gasteiger partial charge >= 0.3 is 11.9 Å². The third-order valence-electron chi connectivity index (χ3n) is 5.37. The summed E-state index contributed by atoms with van der Waals surface area (Å²) in [5.74, 6) is -3.65. The molecule has 2 aliphatic rings. The van der Waals surface area contributed by atoms with Crippen LogP contribution in [-0.4, -0.2) is 100 Å². The Bertz CT molecular complexity index is 647. The Hall–Kier alpha value is -1.52. The minimum absolute atomic E-state index is 0.286. The highest BCUT2D eigenvalue weighted by Crippen LogP contribution is 2.21. The summed E-state index contributed by atoms with van der Waals surface area (Å²) in [6.07, 6.45) is 2.57. The molecule has 162 valence electrons. The van der Waals surface area contributed by atoms with Gasteiger partial charge in [-0.15, -0.1) is 0 Å². The van der Waals surface area contributed by atoms with Gasteiger partial charge in [0.05, 0.1) is 6.61 Å². The monoisotopic (exact) mass is 471 g/mol. The molecule has 29 heavy (non-hydrogen) atoms. The molecule has 2 aliphatic heterocycles. The van der Waals surface area contributed by atoms with Gasteiger partial charge in [-0.3, -0.25) is 14.7 Å². The zero-order valence-corrected chi connectivity index (χ0v) is 18.1. The van der Waals surface area contributed by atoms with Crippen LogP contribution in [0.1, 0.15) is 18.4 Å². The van der Waals surface area contributed by atoms with E-state index in [1.54, 1.807) is 0 Å². The van der Waals surface area contributed by atoms with Gasteiger partial charge in [-0.25, -0.2) is 9.59 Å². The number of rotatable bonds is 5. The fourth-order valence-electron chi connectivity index (χ4n) is 3.83. The van der Waals surface area contributed by atoms with E-state index in [-0.39, 0.29) is 6.61 Å². The number of aliphatic hydroxyl groups is 1. The predicted molar refractivity (Wildman–Crippen MR) is 113 cm³/mol. The number of piperazine rings is 1. The van der Waals surface area contributed by atoms with E-state index in [2.05, 4.69) is 54.9 Å². The van der Waals surface area contributed by atoms with E-state index in [4.69, 9.17) is 24.9 Å². The molecule has 0 unspecified atom stereocenters. The molecule has 0 atom stereocenters. The molecule has 0 aromatic heterocycles. The van der Waals surface area contributed by atoms with Crippen LogP contribution in [0.25, 0.3) is 0 Å². The highest BCUT2D eigenvalue weighted by molar-refractivity contribution is 9.10. The summed E-state index contributed by atoms with van der Waals surface area (Å²) in [6, 6.07) is 9.42. The van der Waals surface area contributed by atoms with Gasteiger partial charge in [0.2, 0.25) is 0 Å². The molecule has 0 bridgehead atoms. The van der Waals surface area contributed by atoms with Gasteiger partial charge in [-0.2, -0.15) is 0 Å². The number of aliphatic carboxylic acids is 2. The second-order valence-electron chi connectivity index (χ2n) is 7.35. The lowest BCUT2D eigenvalue weighted by Gasteiger charge is -2.42. The fraction of sp³-hybridized carbons (Fsp3) is 0.600. The first-order valence-electron chi connectivity index (χ1n) is 9.89. The van der Waals surface area contributed by atoms with E-state index in [0.717, 1.165) is 45.3 Å². The molecule has 9 heteroatoms. The Labute approximate surface area is 179 Å².